The van der Waals surface area contributed by atoms with Gasteiger partial charge in [0.25, 0.3) is 0 Å². The zero-order valence-electron chi connectivity index (χ0n) is 12.6. The fourth-order valence-corrected chi connectivity index (χ4v) is 2.51. The molecule has 1 rings (SSSR count). The maximum atomic E-state index is 12.0. The van der Waals surface area contributed by atoms with Gasteiger partial charge < -0.3 is 9.47 Å². The van der Waals surface area contributed by atoms with E-state index in [1.54, 1.807) is 14.0 Å². The number of rotatable bonds is 9. The Hall–Kier alpha value is -1.16. The minimum absolute atomic E-state index is 0.0795. The van der Waals surface area contributed by atoms with Gasteiger partial charge in [0.15, 0.2) is 0 Å². The van der Waals surface area contributed by atoms with E-state index in [0.717, 1.165) is 32.3 Å². The summed E-state index contributed by atoms with van der Waals surface area (Å²) in [7, 11) is 1.70. The van der Waals surface area contributed by atoms with Crippen molar-refractivity contribution < 1.29 is 19.1 Å². The van der Waals surface area contributed by atoms with Crippen molar-refractivity contribution in [2.75, 3.05) is 20.3 Å². The largest absolute Gasteiger partial charge is 0.465 e. The van der Waals surface area contributed by atoms with Crippen molar-refractivity contribution in [2.24, 2.45) is 11.8 Å². The van der Waals surface area contributed by atoms with Gasteiger partial charge in [-0.1, -0.05) is 18.6 Å². The molecule has 2 unspecified atom stereocenters. The molecule has 0 saturated carbocycles. The van der Waals surface area contributed by atoms with Crippen LogP contribution in [0.4, 0.5) is 0 Å². The number of Topliss-reactive ketones (excluding diaryl/α,β-unsaturated/α-hetero) is 1. The van der Waals surface area contributed by atoms with Crippen LogP contribution in [0.25, 0.3) is 0 Å². The molecule has 2 atom stereocenters. The van der Waals surface area contributed by atoms with E-state index in [2.05, 4.69) is 0 Å². The SMILES string of the molecule is COCCCCCCOC(=O)C1CC=CCC1C(C)=O. The highest BCUT2D eigenvalue weighted by atomic mass is 16.5. The Kier molecular flexibility index (Phi) is 8.19. The number of esters is 1. The minimum atomic E-state index is -0.286. The van der Waals surface area contributed by atoms with Crippen LogP contribution in [-0.2, 0) is 19.1 Å². The molecule has 0 amide bonds. The number of hydrogen-bond acceptors (Lipinski definition) is 4. The molecule has 4 heteroatoms. The molecule has 1 aliphatic carbocycles. The minimum Gasteiger partial charge on any atom is -0.465 e. The highest BCUT2D eigenvalue weighted by Crippen LogP contribution is 2.27. The summed E-state index contributed by atoms with van der Waals surface area (Å²) in [5, 5.41) is 0. The molecule has 114 valence electrons. The Balaban J connectivity index is 2.21. The summed E-state index contributed by atoms with van der Waals surface area (Å²) < 4.78 is 10.3. The van der Waals surface area contributed by atoms with Crippen LogP contribution >= 0.6 is 0 Å². The molecule has 20 heavy (non-hydrogen) atoms. The van der Waals surface area contributed by atoms with Gasteiger partial charge >= 0.3 is 5.97 Å². The fraction of sp³-hybridized carbons (Fsp3) is 0.750. The molecular weight excluding hydrogens is 256 g/mol. The lowest BCUT2D eigenvalue weighted by atomic mass is 9.81. The summed E-state index contributed by atoms with van der Waals surface area (Å²) in [5.41, 5.74) is 0. The second kappa shape index (κ2) is 9.70. The van der Waals surface area contributed by atoms with Crippen LogP contribution in [0.3, 0.4) is 0 Å². The molecule has 0 aromatic heterocycles. The van der Waals surface area contributed by atoms with E-state index in [4.69, 9.17) is 9.47 Å². The molecule has 0 aliphatic heterocycles. The van der Waals surface area contributed by atoms with Crippen LogP contribution < -0.4 is 0 Å². The van der Waals surface area contributed by atoms with Crippen molar-refractivity contribution >= 4 is 11.8 Å². The molecule has 0 saturated heterocycles. The Morgan fingerprint density at radius 1 is 1.00 bits per heavy atom. The number of ether oxygens (including phenoxy) is 2. The van der Waals surface area contributed by atoms with Crippen LogP contribution in [0.5, 0.6) is 0 Å². The van der Waals surface area contributed by atoms with E-state index in [-0.39, 0.29) is 23.6 Å². The summed E-state index contributed by atoms with van der Waals surface area (Å²) in [6.07, 6.45) is 9.28. The predicted octanol–water partition coefficient (Wildman–Crippen LogP) is 2.91. The van der Waals surface area contributed by atoms with Gasteiger partial charge in [-0.2, -0.15) is 0 Å². The smallest absolute Gasteiger partial charge is 0.309 e. The molecule has 4 nitrogen and oxygen atoms in total. The zero-order chi connectivity index (χ0) is 14.8. The summed E-state index contributed by atoms with van der Waals surface area (Å²) in [6.45, 7) is 2.80. The molecule has 0 spiro atoms. The topological polar surface area (TPSA) is 52.6 Å². The standard InChI is InChI=1S/C16H26O4/c1-13(17)14-9-5-6-10-15(14)16(18)20-12-8-4-3-7-11-19-2/h5-6,14-15H,3-4,7-12H2,1-2H3. The zero-order valence-corrected chi connectivity index (χ0v) is 12.6. The van der Waals surface area contributed by atoms with E-state index < -0.39 is 0 Å². The first-order chi connectivity index (χ1) is 9.66. The number of methoxy groups -OCH3 is 1. The molecule has 0 fully saturated rings. The molecule has 1 aliphatic rings. The lowest BCUT2D eigenvalue weighted by Crippen LogP contribution is -2.31. The van der Waals surface area contributed by atoms with Crippen LogP contribution in [0, 0.1) is 11.8 Å². The Bertz CT molecular complexity index is 335. The first kappa shape index (κ1) is 16.9. The lowest BCUT2D eigenvalue weighted by molar-refractivity contribution is -0.152. The highest BCUT2D eigenvalue weighted by molar-refractivity contribution is 5.85. The van der Waals surface area contributed by atoms with Gasteiger partial charge in [0.05, 0.1) is 12.5 Å². The quantitative estimate of drug-likeness (QED) is 0.371. The number of unbranched alkanes of at least 4 members (excludes halogenated alkanes) is 3. The van der Waals surface area contributed by atoms with Crippen LogP contribution in [-0.4, -0.2) is 32.1 Å². The second-order valence-electron chi connectivity index (χ2n) is 5.34. The number of allylic oxidation sites excluding steroid dienone is 2. The molecule has 0 aromatic rings. The summed E-state index contributed by atoms with van der Waals surface area (Å²) in [5.74, 6) is -0.623. The van der Waals surface area contributed by atoms with E-state index in [1.807, 2.05) is 12.2 Å². The molecular formula is C16H26O4. The third-order valence-electron chi connectivity index (χ3n) is 3.74. The summed E-state index contributed by atoms with van der Waals surface area (Å²) in [4.78, 5) is 23.6. The third-order valence-corrected chi connectivity index (χ3v) is 3.74. The van der Waals surface area contributed by atoms with E-state index in [1.165, 1.54) is 0 Å². The summed E-state index contributed by atoms with van der Waals surface area (Å²) >= 11 is 0. The number of ketones is 1. The average molecular weight is 282 g/mol. The van der Waals surface area contributed by atoms with Gasteiger partial charge in [0.1, 0.15) is 5.78 Å². The van der Waals surface area contributed by atoms with E-state index >= 15 is 0 Å². The maximum absolute atomic E-state index is 12.0. The average Bonchev–Trinajstić information content (AvgIpc) is 2.46. The molecule has 0 N–H and O–H groups in total. The normalized spacial score (nSPS) is 21.7. The van der Waals surface area contributed by atoms with Gasteiger partial charge in [-0.3, -0.25) is 9.59 Å². The molecule has 0 bridgehead atoms. The molecule has 0 heterocycles. The van der Waals surface area contributed by atoms with Crippen molar-refractivity contribution in [2.45, 2.75) is 45.4 Å². The predicted molar refractivity (Wildman–Crippen MR) is 77.3 cm³/mol. The van der Waals surface area contributed by atoms with Crippen LogP contribution in [0.2, 0.25) is 0 Å². The first-order valence-electron chi connectivity index (χ1n) is 7.47. The van der Waals surface area contributed by atoms with Crippen molar-refractivity contribution in [1.29, 1.82) is 0 Å². The lowest BCUT2D eigenvalue weighted by Gasteiger charge is -2.24. The fourth-order valence-electron chi connectivity index (χ4n) is 2.51. The Morgan fingerprint density at radius 3 is 2.20 bits per heavy atom. The van der Waals surface area contributed by atoms with Crippen molar-refractivity contribution in [1.82, 2.24) is 0 Å². The third kappa shape index (κ3) is 5.87. The van der Waals surface area contributed by atoms with Crippen LogP contribution in [0.15, 0.2) is 12.2 Å². The first-order valence-corrected chi connectivity index (χ1v) is 7.47. The van der Waals surface area contributed by atoms with E-state index in [0.29, 0.717) is 19.4 Å². The number of carbonyl (C=O) groups is 2. The highest BCUT2D eigenvalue weighted by Gasteiger charge is 2.32. The van der Waals surface area contributed by atoms with Gasteiger partial charge in [-0.25, -0.2) is 0 Å². The Morgan fingerprint density at radius 2 is 1.60 bits per heavy atom. The molecule has 0 aromatic carbocycles. The molecule has 0 radical (unpaired) electrons. The second-order valence-corrected chi connectivity index (χ2v) is 5.34. The summed E-state index contributed by atoms with van der Waals surface area (Å²) in [6, 6.07) is 0. The van der Waals surface area contributed by atoms with Crippen LogP contribution in [0.1, 0.15) is 45.4 Å². The van der Waals surface area contributed by atoms with Crippen molar-refractivity contribution in [3.05, 3.63) is 12.2 Å². The van der Waals surface area contributed by atoms with Crippen molar-refractivity contribution in [3.8, 4) is 0 Å². The monoisotopic (exact) mass is 282 g/mol. The van der Waals surface area contributed by atoms with Gasteiger partial charge in [-0.15, -0.1) is 0 Å². The van der Waals surface area contributed by atoms with Gasteiger partial charge in [-0.05, 0) is 39.0 Å². The van der Waals surface area contributed by atoms with Gasteiger partial charge in [0.2, 0.25) is 0 Å². The van der Waals surface area contributed by atoms with Crippen molar-refractivity contribution in [3.63, 3.8) is 0 Å². The van der Waals surface area contributed by atoms with Gasteiger partial charge in [0, 0.05) is 19.6 Å². The number of hydrogen-bond donors (Lipinski definition) is 0. The van der Waals surface area contributed by atoms with E-state index in [9.17, 15) is 9.59 Å². The maximum Gasteiger partial charge on any atom is 0.309 e. The Labute approximate surface area is 121 Å². The number of carbonyl (C=O) groups excluding carboxylic acids is 2.